The van der Waals surface area contributed by atoms with E-state index in [1.807, 2.05) is 39.0 Å². The van der Waals surface area contributed by atoms with Gasteiger partial charge in [-0.15, -0.1) is 0 Å². The van der Waals surface area contributed by atoms with Crippen molar-refractivity contribution in [3.05, 3.63) is 29.8 Å². The van der Waals surface area contributed by atoms with E-state index in [1.54, 1.807) is 7.05 Å². The predicted molar refractivity (Wildman–Crippen MR) is 96.3 cm³/mol. The number of carbonyl (C=O) groups excluding carboxylic acids is 1. The minimum atomic E-state index is -0.369. The van der Waals surface area contributed by atoms with Crippen molar-refractivity contribution in [2.24, 2.45) is 10.4 Å². The first-order valence-corrected chi connectivity index (χ1v) is 8.39. The molecule has 6 nitrogen and oxygen atoms in total. The van der Waals surface area contributed by atoms with Gasteiger partial charge in [0.15, 0.2) is 5.96 Å². The minimum Gasteiger partial charge on any atom is -0.493 e. The van der Waals surface area contributed by atoms with Gasteiger partial charge in [-0.2, -0.15) is 0 Å². The summed E-state index contributed by atoms with van der Waals surface area (Å²) < 4.78 is 5.68. The fourth-order valence-electron chi connectivity index (χ4n) is 2.47. The Morgan fingerprint density at radius 3 is 2.67 bits per heavy atom. The smallest absolute Gasteiger partial charge is 0.225 e. The first-order valence-electron chi connectivity index (χ1n) is 8.39. The third kappa shape index (κ3) is 4.88. The maximum Gasteiger partial charge on any atom is 0.225 e. The van der Waals surface area contributed by atoms with Crippen LogP contribution in [-0.2, 0) is 4.79 Å². The van der Waals surface area contributed by atoms with Gasteiger partial charge in [-0.25, -0.2) is 0 Å². The topological polar surface area (TPSA) is 74.8 Å². The van der Waals surface area contributed by atoms with Crippen LogP contribution >= 0.6 is 0 Å². The quantitative estimate of drug-likeness (QED) is 0.447. The van der Waals surface area contributed by atoms with Crippen LogP contribution in [0, 0.1) is 5.41 Å². The molecule has 0 aromatic heterocycles. The Morgan fingerprint density at radius 2 is 1.96 bits per heavy atom. The molecule has 6 heteroatoms. The van der Waals surface area contributed by atoms with Crippen LogP contribution in [0.15, 0.2) is 29.3 Å². The van der Waals surface area contributed by atoms with E-state index >= 15 is 0 Å². The van der Waals surface area contributed by atoms with Gasteiger partial charge in [-0.05, 0) is 6.07 Å². The lowest BCUT2D eigenvalue weighted by atomic mass is 9.96. The van der Waals surface area contributed by atoms with Gasteiger partial charge in [-0.3, -0.25) is 9.79 Å². The lowest BCUT2D eigenvalue weighted by Gasteiger charge is -2.28. The molecule has 3 N–H and O–H groups in total. The van der Waals surface area contributed by atoms with Crippen molar-refractivity contribution in [1.29, 1.82) is 0 Å². The molecule has 1 aliphatic heterocycles. The third-order valence-electron chi connectivity index (χ3n) is 3.88. The van der Waals surface area contributed by atoms with Crippen LogP contribution < -0.4 is 20.7 Å². The summed E-state index contributed by atoms with van der Waals surface area (Å²) in [6.07, 6.45) is 0.887. The van der Waals surface area contributed by atoms with Crippen molar-refractivity contribution in [2.45, 2.75) is 33.2 Å². The van der Waals surface area contributed by atoms with Gasteiger partial charge in [0.2, 0.25) is 5.91 Å². The Kier molecular flexibility index (Phi) is 6.06. The van der Waals surface area contributed by atoms with Crippen LogP contribution in [0.3, 0.4) is 0 Å². The molecule has 0 saturated carbocycles. The summed E-state index contributed by atoms with van der Waals surface area (Å²) in [5.74, 6) is 1.70. The molecule has 1 atom stereocenters. The number of guanidine groups is 1. The molecule has 1 aliphatic rings. The summed E-state index contributed by atoms with van der Waals surface area (Å²) in [7, 11) is 1.74. The van der Waals surface area contributed by atoms with Crippen molar-refractivity contribution in [3.8, 4) is 5.75 Å². The largest absolute Gasteiger partial charge is 0.493 e. The molecule has 0 fully saturated rings. The highest BCUT2D eigenvalue weighted by atomic mass is 16.5. The molecule has 1 unspecified atom stereocenters. The summed E-state index contributed by atoms with van der Waals surface area (Å²) in [4.78, 5) is 16.1. The van der Waals surface area contributed by atoms with Gasteiger partial charge in [0, 0.05) is 37.5 Å². The first-order chi connectivity index (χ1) is 11.4. The second-order valence-corrected chi connectivity index (χ2v) is 6.88. The molecule has 1 aromatic carbocycles. The molecule has 0 radical (unpaired) electrons. The molecule has 1 heterocycles. The number of carbonyl (C=O) groups is 1. The Morgan fingerprint density at radius 1 is 1.25 bits per heavy atom. The summed E-state index contributed by atoms with van der Waals surface area (Å²) >= 11 is 0. The van der Waals surface area contributed by atoms with Crippen LogP contribution in [0.2, 0.25) is 0 Å². The number of rotatable bonds is 4. The number of hydrogen-bond donors (Lipinski definition) is 3. The van der Waals surface area contributed by atoms with E-state index in [-0.39, 0.29) is 17.4 Å². The fourth-order valence-corrected chi connectivity index (χ4v) is 2.47. The second kappa shape index (κ2) is 8.04. The maximum absolute atomic E-state index is 11.8. The standard InChI is InChI=1S/C18H28N4O2/c1-18(2,3)16(23)20-10-11-21-17(19-4)22-14-9-12-24-15-8-6-5-7-13(14)15/h5-8,14H,9-12H2,1-4H3,(H,20,23)(H2,19,21,22). The monoisotopic (exact) mass is 332 g/mol. The Bertz CT molecular complexity index is 593. The molecule has 0 saturated heterocycles. The minimum absolute atomic E-state index is 0.0469. The first kappa shape index (κ1) is 18.1. The molecule has 2 rings (SSSR count). The summed E-state index contributed by atoms with van der Waals surface area (Å²) in [5.41, 5.74) is 0.777. The van der Waals surface area contributed by atoms with E-state index in [4.69, 9.17) is 4.74 Å². The van der Waals surface area contributed by atoms with E-state index in [0.717, 1.165) is 23.7 Å². The maximum atomic E-state index is 11.8. The van der Waals surface area contributed by atoms with Crippen LogP contribution in [-0.4, -0.2) is 38.6 Å². The zero-order valence-corrected chi connectivity index (χ0v) is 15.0. The zero-order valence-electron chi connectivity index (χ0n) is 15.0. The van der Waals surface area contributed by atoms with Gasteiger partial charge in [0.1, 0.15) is 5.75 Å². The SMILES string of the molecule is CN=C(NCCNC(=O)C(C)(C)C)NC1CCOc2ccccc21. The van der Waals surface area contributed by atoms with Crippen molar-refractivity contribution in [3.63, 3.8) is 0 Å². The van der Waals surface area contributed by atoms with Crippen molar-refractivity contribution < 1.29 is 9.53 Å². The second-order valence-electron chi connectivity index (χ2n) is 6.88. The number of nitrogens with one attached hydrogen (secondary N) is 3. The molecule has 0 spiro atoms. The molecule has 0 aliphatic carbocycles. The molecule has 132 valence electrons. The fraction of sp³-hybridized carbons (Fsp3) is 0.556. The molecule has 24 heavy (non-hydrogen) atoms. The molecular formula is C18H28N4O2. The van der Waals surface area contributed by atoms with E-state index in [2.05, 4.69) is 27.0 Å². The van der Waals surface area contributed by atoms with Crippen LogP contribution in [0.4, 0.5) is 0 Å². The van der Waals surface area contributed by atoms with Crippen molar-refractivity contribution in [2.75, 3.05) is 26.7 Å². The van der Waals surface area contributed by atoms with Crippen LogP contribution in [0.5, 0.6) is 5.75 Å². The number of ether oxygens (including phenoxy) is 1. The van der Waals surface area contributed by atoms with Gasteiger partial charge in [-0.1, -0.05) is 39.0 Å². The average molecular weight is 332 g/mol. The highest BCUT2D eigenvalue weighted by Crippen LogP contribution is 2.31. The van der Waals surface area contributed by atoms with E-state index in [1.165, 1.54) is 0 Å². The lowest BCUT2D eigenvalue weighted by Crippen LogP contribution is -2.45. The van der Waals surface area contributed by atoms with Gasteiger partial charge >= 0.3 is 0 Å². The van der Waals surface area contributed by atoms with E-state index in [0.29, 0.717) is 19.7 Å². The normalized spacial score (nSPS) is 17.5. The number of aliphatic imine (C=N–C) groups is 1. The molecule has 0 bridgehead atoms. The average Bonchev–Trinajstić information content (AvgIpc) is 2.56. The lowest BCUT2D eigenvalue weighted by molar-refractivity contribution is -0.128. The van der Waals surface area contributed by atoms with Crippen molar-refractivity contribution in [1.82, 2.24) is 16.0 Å². The number of amides is 1. The predicted octanol–water partition coefficient (Wildman–Crippen LogP) is 1.84. The van der Waals surface area contributed by atoms with Gasteiger partial charge in [0.25, 0.3) is 0 Å². The summed E-state index contributed by atoms with van der Waals surface area (Å²) in [6, 6.07) is 8.22. The van der Waals surface area contributed by atoms with Crippen LogP contribution in [0.25, 0.3) is 0 Å². The van der Waals surface area contributed by atoms with Crippen LogP contribution in [0.1, 0.15) is 38.8 Å². The Labute approximate surface area is 144 Å². The molecular weight excluding hydrogens is 304 g/mol. The van der Waals surface area contributed by atoms with E-state index < -0.39 is 0 Å². The Balaban J connectivity index is 1.83. The number of fused-ring (bicyclic) bond motifs is 1. The highest BCUT2D eigenvalue weighted by molar-refractivity contribution is 5.82. The number of hydrogen-bond acceptors (Lipinski definition) is 3. The number of benzene rings is 1. The van der Waals surface area contributed by atoms with Crippen molar-refractivity contribution >= 4 is 11.9 Å². The molecule has 1 aromatic rings. The number of para-hydroxylation sites is 1. The van der Waals surface area contributed by atoms with Gasteiger partial charge < -0.3 is 20.7 Å². The molecule has 1 amide bonds. The van der Waals surface area contributed by atoms with E-state index in [9.17, 15) is 4.79 Å². The van der Waals surface area contributed by atoms with Gasteiger partial charge in [0.05, 0.1) is 12.6 Å². The zero-order chi connectivity index (χ0) is 17.6. The third-order valence-corrected chi connectivity index (χ3v) is 3.88. The highest BCUT2D eigenvalue weighted by Gasteiger charge is 2.22. The Hall–Kier alpha value is -2.24. The summed E-state index contributed by atoms with van der Waals surface area (Å²) in [6.45, 7) is 7.57. The summed E-state index contributed by atoms with van der Waals surface area (Å²) in [5, 5.41) is 9.58. The number of nitrogens with zero attached hydrogens (tertiary/aromatic N) is 1.